The van der Waals surface area contributed by atoms with E-state index < -0.39 is 10.0 Å². The molecule has 2 aromatic rings. The molecule has 136 valence electrons. The number of nitrogens with two attached hydrogens (primary N) is 1. The van der Waals surface area contributed by atoms with E-state index in [1.54, 1.807) is 24.5 Å². The van der Waals surface area contributed by atoms with E-state index in [9.17, 15) is 18.0 Å². The summed E-state index contributed by atoms with van der Waals surface area (Å²) in [6.45, 7) is 3.97. The van der Waals surface area contributed by atoms with Crippen LogP contribution in [-0.2, 0) is 30.9 Å². The van der Waals surface area contributed by atoms with Gasteiger partial charge in [0.1, 0.15) is 0 Å². The Morgan fingerprint density at radius 2 is 2.04 bits per heavy atom. The maximum Gasteiger partial charge on any atom is 0.307 e. The van der Waals surface area contributed by atoms with Crippen molar-refractivity contribution < 1.29 is 22.7 Å². The lowest BCUT2D eigenvalue weighted by Gasteiger charge is -2.06. The number of esters is 1. The van der Waals surface area contributed by atoms with Crippen LogP contribution in [0.5, 0.6) is 0 Å². The zero-order valence-electron chi connectivity index (χ0n) is 13.9. The van der Waals surface area contributed by atoms with Gasteiger partial charge in [-0.25, -0.2) is 13.6 Å². The van der Waals surface area contributed by atoms with Crippen LogP contribution in [0.2, 0.25) is 0 Å². The Bertz CT molecular complexity index is 973. The van der Waals surface area contributed by atoms with Crippen LogP contribution in [0.25, 0.3) is 10.2 Å². The summed E-state index contributed by atoms with van der Waals surface area (Å²) in [4.78, 5) is 27.7. The minimum absolute atomic E-state index is 0.0211. The number of aryl methyl sites for hydroxylation is 1. The quantitative estimate of drug-likeness (QED) is 0.748. The molecular weight excluding hydrogens is 366 g/mol. The van der Waals surface area contributed by atoms with Crippen molar-refractivity contribution in [3.05, 3.63) is 23.0 Å². The monoisotopic (exact) mass is 385 g/mol. The van der Waals surface area contributed by atoms with Crippen LogP contribution in [0.4, 0.5) is 0 Å². The van der Waals surface area contributed by atoms with Gasteiger partial charge in [0, 0.05) is 13.0 Å². The summed E-state index contributed by atoms with van der Waals surface area (Å²) in [7, 11) is -3.83. The fraction of sp³-hybridized carbons (Fsp3) is 0.400. The number of ether oxygens (including phenoxy) is 1. The van der Waals surface area contributed by atoms with Gasteiger partial charge in [-0.1, -0.05) is 18.3 Å². The number of carbonyl (C=O) groups excluding carboxylic acids is 2. The fourth-order valence-corrected chi connectivity index (χ4v) is 3.88. The Labute approximate surface area is 149 Å². The van der Waals surface area contributed by atoms with Gasteiger partial charge in [0.05, 0.1) is 28.1 Å². The lowest BCUT2D eigenvalue weighted by atomic mass is 10.3. The molecule has 0 saturated carbocycles. The zero-order chi connectivity index (χ0) is 18.6. The van der Waals surface area contributed by atoms with Gasteiger partial charge in [-0.3, -0.25) is 9.59 Å². The fourth-order valence-electron chi connectivity index (χ4n) is 2.15. The number of fused-ring (bicyclic) bond motifs is 1. The molecule has 0 fully saturated rings. The number of hydrogen-bond donors (Lipinski definition) is 1. The van der Waals surface area contributed by atoms with Gasteiger partial charge in [-0.2, -0.15) is 4.99 Å². The van der Waals surface area contributed by atoms with Crippen molar-refractivity contribution in [2.45, 2.75) is 38.1 Å². The summed E-state index contributed by atoms with van der Waals surface area (Å²) in [5, 5.41) is 5.16. The molecule has 0 aliphatic carbocycles. The first-order chi connectivity index (χ1) is 11.8. The molecule has 0 radical (unpaired) electrons. The Morgan fingerprint density at radius 3 is 2.64 bits per heavy atom. The number of carbonyl (C=O) groups is 2. The molecule has 0 aliphatic rings. The Balaban J connectivity index is 2.55. The molecule has 0 saturated heterocycles. The Kier molecular flexibility index (Phi) is 6.09. The van der Waals surface area contributed by atoms with Gasteiger partial charge in [-0.15, -0.1) is 0 Å². The molecule has 2 rings (SSSR count). The summed E-state index contributed by atoms with van der Waals surface area (Å²) in [6.07, 6.45) is 0.360. The normalized spacial score (nSPS) is 12.5. The highest BCUT2D eigenvalue weighted by Crippen LogP contribution is 2.21. The predicted octanol–water partition coefficient (Wildman–Crippen LogP) is 1.14. The van der Waals surface area contributed by atoms with Gasteiger partial charge in [0.2, 0.25) is 15.9 Å². The van der Waals surface area contributed by atoms with Crippen LogP contribution in [0.3, 0.4) is 0 Å². The number of primary sulfonamides is 1. The molecule has 10 heteroatoms. The first kappa shape index (κ1) is 19.3. The van der Waals surface area contributed by atoms with Gasteiger partial charge in [-0.05, 0) is 25.1 Å². The van der Waals surface area contributed by atoms with Crippen molar-refractivity contribution in [1.29, 1.82) is 0 Å². The SMILES string of the molecule is CCOC(=O)CCn1c(=NC(=O)CC)sc2cc(S(N)(=O)=O)ccc21. The lowest BCUT2D eigenvalue weighted by Crippen LogP contribution is -2.19. The molecule has 0 bridgehead atoms. The molecular formula is C15H19N3O5S2. The number of sulfonamides is 1. The maximum atomic E-state index is 11.7. The highest BCUT2D eigenvalue weighted by atomic mass is 32.2. The second kappa shape index (κ2) is 7.89. The van der Waals surface area contributed by atoms with Crippen LogP contribution in [0, 0.1) is 0 Å². The van der Waals surface area contributed by atoms with E-state index in [4.69, 9.17) is 9.88 Å². The van der Waals surface area contributed by atoms with Gasteiger partial charge in [0.25, 0.3) is 0 Å². The van der Waals surface area contributed by atoms with E-state index in [2.05, 4.69) is 4.99 Å². The van der Waals surface area contributed by atoms with Crippen molar-refractivity contribution in [3.63, 3.8) is 0 Å². The molecule has 0 spiro atoms. The van der Waals surface area contributed by atoms with Crippen molar-refractivity contribution in [2.24, 2.45) is 10.1 Å². The van der Waals surface area contributed by atoms with E-state index in [0.717, 1.165) is 0 Å². The number of hydrogen-bond acceptors (Lipinski definition) is 6. The number of amides is 1. The van der Waals surface area contributed by atoms with Crippen LogP contribution >= 0.6 is 11.3 Å². The molecule has 1 heterocycles. The van der Waals surface area contributed by atoms with Crippen molar-refractivity contribution in [2.75, 3.05) is 6.61 Å². The zero-order valence-corrected chi connectivity index (χ0v) is 15.5. The number of thiazole rings is 1. The second-order valence-corrected chi connectivity index (χ2v) is 7.70. The van der Waals surface area contributed by atoms with Crippen molar-refractivity contribution in [1.82, 2.24) is 4.57 Å². The third-order valence-electron chi connectivity index (χ3n) is 3.35. The summed E-state index contributed by atoms with van der Waals surface area (Å²) < 4.78 is 30.3. The smallest absolute Gasteiger partial charge is 0.307 e. The molecule has 1 aromatic heterocycles. The molecule has 1 aromatic carbocycles. The van der Waals surface area contributed by atoms with Gasteiger partial charge in [0.15, 0.2) is 4.80 Å². The predicted molar refractivity (Wildman–Crippen MR) is 93.3 cm³/mol. The highest BCUT2D eigenvalue weighted by Gasteiger charge is 2.14. The summed E-state index contributed by atoms with van der Waals surface area (Å²) in [6, 6.07) is 4.41. The van der Waals surface area contributed by atoms with E-state index in [1.165, 1.54) is 23.5 Å². The molecule has 0 aliphatic heterocycles. The summed E-state index contributed by atoms with van der Waals surface area (Å²) in [5.41, 5.74) is 0.671. The minimum atomic E-state index is -3.83. The third kappa shape index (κ3) is 4.74. The van der Waals surface area contributed by atoms with Crippen LogP contribution in [-0.4, -0.2) is 31.5 Å². The van der Waals surface area contributed by atoms with E-state index in [0.29, 0.717) is 15.0 Å². The highest BCUT2D eigenvalue weighted by molar-refractivity contribution is 7.89. The standard InChI is InChI=1S/C15H19N3O5S2/c1-3-13(19)17-15-18(8-7-14(20)23-4-2)11-6-5-10(25(16,21)22)9-12(11)24-15/h5-6,9H,3-4,7-8H2,1-2H3,(H2,16,21,22). The molecule has 8 nitrogen and oxygen atoms in total. The summed E-state index contributed by atoms with van der Waals surface area (Å²) in [5.74, 6) is -0.661. The van der Waals surface area contributed by atoms with Gasteiger partial charge < -0.3 is 9.30 Å². The summed E-state index contributed by atoms with van der Waals surface area (Å²) >= 11 is 1.17. The van der Waals surface area contributed by atoms with Crippen LogP contribution in [0.15, 0.2) is 28.1 Å². The number of aromatic nitrogens is 1. The van der Waals surface area contributed by atoms with Crippen molar-refractivity contribution >= 4 is 43.5 Å². The first-order valence-corrected chi connectivity index (χ1v) is 10.0. The van der Waals surface area contributed by atoms with Crippen LogP contribution in [0.1, 0.15) is 26.7 Å². The molecule has 1 amide bonds. The number of rotatable bonds is 6. The largest absolute Gasteiger partial charge is 0.466 e. The average Bonchev–Trinajstić information content (AvgIpc) is 2.88. The topological polar surface area (TPSA) is 121 Å². The van der Waals surface area contributed by atoms with Crippen LogP contribution < -0.4 is 9.94 Å². The Hall–Kier alpha value is -2.04. The molecule has 25 heavy (non-hydrogen) atoms. The lowest BCUT2D eigenvalue weighted by molar-refractivity contribution is -0.143. The van der Waals surface area contributed by atoms with Gasteiger partial charge >= 0.3 is 5.97 Å². The molecule has 0 atom stereocenters. The minimum Gasteiger partial charge on any atom is -0.466 e. The van der Waals surface area contributed by atoms with E-state index in [-0.39, 0.29) is 42.8 Å². The van der Waals surface area contributed by atoms with Crippen molar-refractivity contribution in [3.8, 4) is 0 Å². The molecule has 2 N–H and O–H groups in total. The maximum absolute atomic E-state index is 11.7. The van der Waals surface area contributed by atoms with E-state index in [1.807, 2.05) is 0 Å². The van der Waals surface area contributed by atoms with E-state index >= 15 is 0 Å². The third-order valence-corrected chi connectivity index (χ3v) is 5.30. The number of nitrogens with zero attached hydrogens (tertiary/aromatic N) is 2. The first-order valence-electron chi connectivity index (χ1n) is 7.65. The number of benzene rings is 1. The Morgan fingerprint density at radius 1 is 1.32 bits per heavy atom. The second-order valence-electron chi connectivity index (χ2n) is 5.12. The molecule has 0 unspecified atom stereocenters. The average molecular weight is 385 g/mol.